The first-order valence-corrected chi connectivity index (χ1v) is 10.9. The lowest BCUT2D eigenvalue weighted by Crippen LogP contribution is -2.30. The molecule has 4 rings (SSSR count). The number of halogens is 3. The van der Waals surface area contributed by atoms with E-state index in [0.29, 0.717) is 29.2 Å². The van der Waals surface area contributed by atoms with Crippen molar-refractivity contribution < 1.29 is 18.3 Å². The average Bonchev–Trinajstić information content (AvgIpc) is 2.96. The van der Waals surface area contributed by atoms with E-state index in [9.17, 15) is 18.3 Å². The highest BCUT2D eigenvalue weighted by Crippen LogP contribution is 2.36. The largest absolute Gasteiger partial charge is 0.412 e. The van der Waals surface area contributed by atoms with Gasteiger partial charge in [-0.2, -0.15) is 13.2 Å². The number of rotatable bonds is 4. The minimum Gasteiger partial charge on any atom is -0.390 e. The molecule has 0 radical (unpaired) electrons. The van der Waals surface area contributed by atoms with Crippen LogP contribution in [0.4, 0.5) is 19.0 Å². The fraction of sp³-hybridized carbons (Fsp3) is 0.565. The molecule has 0 aliphatic heterocycles. The Hall–Kier alpha value is -2.35. The van der Waals surface area contributed by atoms with E-state index < -0.39 is 17.4 Å². The van der Waals surface area contributed by atoms with Gasteiger partial charge in [0, 0.05) is 11.6 Å². The monoisotopic (exact) mass is 434 g/mol. The van der Waals surface area contributed by atoms with Crippen molar-refractivity contribution in [2.24, 2.45) is 5.92 Å². The number of hydrogen-bond acceptors (Lipinski definition) is 4. The van der Waals surface area contributed by atoms with Crippen LogP contribution >= 0.6 is 0 Å². The van der Waals surface area contributed by atoms with Crippen molar-refractivity contribution in [2.75, 3.05) is 5.32 Å². The molecule has 168 valence electrons. The molecule has 2 aromatic heterocycles. The standard InChI is InChI=1S/C23H29F3N4O/c1-22(2,31)16-6-4-8-18(10-9-16)28-20-11-12-21-27-14-19(30(21)29-20)15-5-3-7-17(13-15)23(24,25)26/h5,11-14,16,18,31H,3-4,6-10H2,1-2H3,(H,28,29)/t16-,18?/m0/s1. The highest BCUT2D eigenvalue weighted by molar-refractivity contribution is 5.75. The number of nitrogens with zero attached hydrogens (tertiary/aromatic N) is 3. The Morgan fingerprint density at radius 1 is 1.13 bits per heavy atom. The molecular weight excluding hydrogens is 405 g/mol. The van der Waals surface area contributed by atoms with E-state index in [1.807, 2.05) is 32.1 Å². The van der Waals surface area contributed by atoms with Crippen molar-refractivity contribution >= 4 is 17.0 Å². The first-order valence-electron chi connectivity index (χ1n) is 10.9. The summed E-state index contributed by atoms with van der Waals surface area (Å²) in [7, 11) is 0. The minimum atomic E-state index is -4.32. The lowest BCUT2D eigenvalue weighted by molar-refractivity contribution is -0.0939. The third kappa shape index (κ3) is 4.95. The molecule has 2 aliphatic carbocycles. The van der Waals surface area contributed by atoms with Gasteiger partial charge in [0.05, 0.1) is 17.5 Å². The molecule has 2 aliphatic rings. The highest BCUT2D eigenvalue weighted by atomic mass is 19.4. The van der Waals surface area contributed by atoms with Crippen molar-refractivity contribution in [3.63, 3.8) is 0 Å². The fourth-order valence-corrected chi connectivity index (χ4v) is 4.61. The summed E-state index contributed by atoms with van der Waals surface area (Å²) in [4.78, 5) is 4.31. The van der Waals surface area contributed by atoms with E-state index in [0.717, 1.165) is 32.1 Å². The van der Waals surface area contributed by atoms with E-state index in [4.69, 9.17) is 0 Å². The number of aromatic nitrogens is 3. The van der Waals surface area contributed by atoms with Gasteiger partial charge >= 0.3 is 6.18 Å². The summed E-state index contributed by atoms with van der Waals surface area (Å²) in [5, 5.41) is 18.5. The molecule has 2 aromatic rings. The molecule has 5 nitrogen and oxygen atoms in total. The number of alkyl halides is 3. The summed E-state index contributed by atoms with van der Waals surface area (Å²) in [6, 6.07) is 3.93. The molecule has 2 N–H and O–H groups in total. The molecule has 1 fully saturated rings. The predicted molar refractivity (Wildman–Crippen MR) is 115 cm³/mol. The maximum absolute atomic E-state index is 13.2. The van der Waals surface area contributed by atoms with Crippen molar-refractivity contribution in [3.8, 4) is 0 Å². The Bertz CT molecular complexity index is 1000. The Kier molecular flexibility index (Phi) is 5.85. The summed E-state index contributed by atoms with van der Waals surface area (Å²) in [5.74, 6) is 0.956. The number of fused-ring (bicyclic) bond motifs is 1. The Morgan fingerprint density at radius 3 is 2.68 bits per heavy atom. The summed E-state index contributed by atoms with van der Waals surface area (Å²) in [6.07, 6.45) is 5.52. The van der Waals surface area contributed by atoms with Gasteiger partial charge in [-0.05, 0) is 82.1 Å². The Balaban J connectivity index is 1.54. The van der Waals surface area contributed by atoms with Crippen molar-refractivity contribution in [1.82, 2.24) is 14.6 Å². The molecule has 31 heavy (non-hydrogen) atoms. The third-order valence-corrected chi connectivity index (χ3v) is 6.45. The molecule has 0 bridgehead atoms. The van der Waals surface area contributed by atoms with Gasteiger partial charge in [0.2, 0.25) is 0 Å². The fourth-order valence-electron chi connectivity index (χ4n) is 4.61. The van der Waals surface area contributed by atoms with E-state index in [-0.39, 0.29) is 18.4 Å². The van der Waals surface area contributed by atoms with Crippen LogP contribution in [0.3, 0.4) is 0 Å². The normalized spacial score (nSPS) is 23.3. The van der Waals surface area contributed by atoms with Gasteiger partial charge in [0.1, 0.15) is 5.82 Å². The van der Waals surface area contributed by atoms with Gasteiger partial charge in [-0.1, -0.05) is 12.5 Å². The summed E-state index contributed by atoms with van der Waals surface area (Å²) in [6.45, 7) is 3.75. The highest BCUT2D eigenvalue weighted by Gasteiger charge is 2.34. The Morgan fingerprint density at radius 2 is 1.94 bits per heavy atom. The lowest BCUT2D eigenvalue weighted by atomic mass is 9.85. The van der Waals surface area contributed by atoms with Crippen LogP contribution in [0.2, 0.25) is 0 Å². The molecule has 0 amide bonds. The van der Waals surface area contributed by atoms with E-state index in [1.54, 1.807) is 10.7 Å². The maximum atomic E-state index is 13.2. The van der Waals surface area contributed by atoms with Crippen molar-refractivity contribution in [2.45, 2.75) is 76.6 Å². The van der Waals surface area contributed by atoms with Crippen LogP contribution in [-0.4, -0.2) is 37.5 Å². The molecular formula is C23H29F3N4O. The summed E-state index contributed by atoms with van der Waals surface area (Å²) in [5.41, 5.74) is 0.459. The average molecular weight is 435 g/mol. The van der Waals surface area contributed by atoms with Gasteiger partial charge in [-0.25, -0.2) is 9.50 Å². The van der Waals surface area contributed by atoms with Gasteiger partial charge in [0.25, 0.3) is 0 Å². The molecule has 2 heterocycles. The van der Waals surface area contributed by atoms with Crippen LogP contribution in [0.25, 0.3) is 11.2 Å². The molecule has 8 heteroatoms. The zero-order chi connectivity index (χ0) is 22.2. The number of imidazole rings is 1. The quantitative estimate of drug-likeness (QED) is 0.622. The summed E-state index contributed by atoms with van der Waals surface area (Å²) >= 11 is 0. The van der Waals surface area contributed by atoms with Crippen LogP contribution < -0.4 is 5.32 Å². The molecule has 0 spiro atoms. The van der Waals surface area contributed by atoms with E-state index in [2.05, 4.69) is 15.4 Å². The first kappa shape index (κ1) is 21.9. The smallest absolute Gasteiger partial charge is 0.390 e. The minimum absolute atomic E-state index is 0.00269. The van der Waals surface area contributed by atoms with Crippen molar-refractivity contribution in [1.29, 1.82) is 0 Å². The molecule has 1 saturated carbocycles. The number of anilines is 1. The number of aliphatic hydroxyl groups is 1. The van der Waals surface area contributed by atoms with E-state index >= 15 is 0 Å². The number of hydrogen-bond donors (Lipinski definition) is 2. The van der Waals surface area contributed by atoms with E-state index in [1.165, 1.54) is 6.08 Å². The maximum Gasteiger partial charge on any atom is 0.412 e. The first-order chi connectivity index (χ1) is 14.6. The van der Waals surface area contributed by atoms with Crippen LogP contribution in [0, 0.1) is 5.92 Å². The second kappa shape index (κ2) is 8.30. The van der Waals surface area contributed by atoms with Gasteiger partial charge in [0.15, 0.2) is 5.65 Å². The molecule has 0 aromatic carbocycles. The molecule has 2 atom stereocenters. The second-order valence-electron chi connectivity index (χ2n) is 9.20. The predicted octanol–water partition coefficient (Wildman–Crippen LogP) is 5.53. The molecule has 1 unspecified atom stereocenters. The molecule has 0 saturated heterocycles. The van der Waals surface area contributed by atoms with Crippen LogP contribution in [0.5, 0.6) is 0 Å². The van der Waals surface area contributed by atoms with Crippen LogP contribution in [-0.2, 0) is 0 Å². The topological polar surface area (TPSA) is 62.5 Å². The second-order valence-corrected chi connectivity index (χ2v) is 9.20. The Labute approximate surface area is 180 Å². The van der Waals surface area contributed by atoms with Gasteiger partial charge < -0.3 is 10.4 Å². The van der Waals surface area contributed by atoms with Crippen LogP contribution in [0.1, 0.15) is 64.5 Å². The SMILES string of the molecule is CC(C)(O)[C@H]1CCCC(Nc2ccc3ncc(C4=CCCC(C(F)(F)F)=C4)n3n2)CC1. The zero-order valence-electron chi connectivity index (χ0n) is 17.9. The lowest BCUT2D eigenvalue weighted by Gasteiger charge is -2.28. The number of nitrogens with one attached hydrogen (secondary N) is 1. The third-order valence-electron chi connectivity index (χ3n) is 6.45. The van der Waals surface area contributed by atoms with Gasteiger partial charge in [-0.3, -0.25) is 0 Å². The number of allylic oxidation sites excluding steroid dienone is 4. The summed E-state index contributed by atoms with van der Waals surface area (Å²) < 4.78 is 41.1. The van der Waals surface area contributed by atoms with Gasteiger partial charge in [-0.15, -0.1) is 5.10 Å². The van der Waals surface area contributed by atoms with Crippen molar-refractivity contribution in [3.05, 3.63) is 41.7 Å². The van der Waals surface area contributed by atoms with Crippen LogP contribution in [0.15, 0.2) is 36.1 Å². The zero-order valence-corrected chi connectivity index (χ0v) is 17.9.